The first-order valence-corrected chi connectivity index (χ1v) is 19.1. The Morgan fingerprint density at radius 2 is 0.839 bits per heavy atom. The van der Waals surface area contributed by atoms with Gasteiger partial charge in [0.2, 0.25) is 0 Å². The van der Waals surface area contributed by atoms with Gasteiger partial charge in [-0.05, 0) is 53.6 Å². The van der Waals surface area contributed by atoms with Gasteiger partial charge in [-0.1, -0.05) is 152 Å². The van der Waals surface area contributed by atoms with Crippen LogP contribution in [0.2, 0.25) is 0 Å². The summed E-state index contributed by atoms with van der Waals surface area (Å²) in [4.78, 5) is 10.1. The molecule has 0 spiro atoms. The highest BCUT2D eigenvalue weighted by molar-refractivity contribution is 6.23. The fourth-order valence-electron chi connectivity index (χ4n) is 8.91. The van der Waals surface area contributed by atoms with Crippen LogP contribution in [0.5, 0.6) is 0 Å². The molecule has 0 aliphatic heterocycles. The van der Waals surface area contributed by atoms with E-state index in [2.05, 4.69) is 179 Å². The lowest BCUT2D eigenvalue weighted by Gasteiger charge is -2.12. The third kappa shape index (κ3) is 4.60. The maximum absolute atomic E-state index is 5.12. The zero-order valence-electron chi connectivity index (χ0n) is 30.3. The summed E-state index contributed by atoms with van der Waals surface area (Å²) in [7, 11) is 0. The molecule has 12 rings (SSSR count). The minimum atomic E-state index is 0.712. The van der Waals surface area contributed by atoms with Crippen molar-refractivity contribution < 1.29 is 0 Å². The number of aromatic nitrogens is 4. The van der Waals surface area contributed by atoms with Crippen molar-refractivity contribution in [2.75, 3.05) is 0 Å². The summed E-state index contributed by atoms with van der Waals surface area (Å²) in [5.41, 5.74) is 14.4. The molecule has 4 heterocycles. The van der Waals surface area contributed by atoms with Gasteiger partial charge in [0.1, 0.15) is 0 Å². The molecule has 0 aliphatic carbocycles. The number of hydrogen-bond donors (Lipinski definition) is 0. The second-order valence-corrected chi connectivity index (χ2v) is 14.6. The first-order chi connectivity index (χ1) is 27.8. The highest BCUT2D eigenvalue weighted by Gasteiger charge is 2.19. The summed E-state index contributed by atoms with van der Waals surface area (Å²) in [6.07, 6.45) is 0. The van der Waals surface area contributed by atoms with Gasteiger partial charge in [0.15, 0.2) is 5.82 Å². The maximum atomic E-state index is 5.12. The smallest absolute Gasteiger partial charge is 0.160 e. The second kappa shape index (κ2) is 12.0. The molecule has 8 aromatic carbocycles. The highest BCUT2D eigenvalue weighted by Crippen LogP contribution is 2.41. The largest absolute Gasteiger partial charge is 0.309 e. The molecule has 0 bridgehead atoms. The fourth-order valence-corrected chi connectivity index (χ4v) is 8.91. The Hall–Kier alpha value is -7.56. The van der Waals surface area contributed by atoms with Crippen molar-refractivity contribution >= 4 is 59.9 Å². The van der Waals surface area contributed by atoms with Gasteiger partial charge in [0.05, 0.1) is 39.0 Å². The van der Waals surface area contributed by atoms with Gasteiger partial charge >= 0.3 is 0 Å². The van der Waals surface area contributed by atoms with Crippen LogP contribution in [0.15, 0.2) is 194 Å². The average Bonchev–Trinajstić information content (AvgIpc) is 3.92. The van der Waals surface area contributed by atoms with E-state index < -0.39 is 0 Å². The molecule has 0 amide bonds. The van der Waals surface area contributed by atoms with E-state index in [0.29, 0.717) is 5.82 Å². The first-order valence-electron chi connectivity index (χ1n) is 19.1. The van der Waals surface area contributed by atoms with E-state index in [9.17, 15) is 0 Å². The second-order valence-electron chi connectivity index (χ2n) is 14.6. The van der Waals surface area contributed by atoms with Gasteiger partial charge in [-0.25, -0.2) is 9.97 Å². The summed E-state index contributed by atoms with van der Waals surface area (Å²) >= 11 is 0. The van der Waals surface area contributed by atoms with Gasteiger partial charge in [0.25, 0.3) is 0 Å². The summed E-state index contributed by atoms with van der Waals surface area (Å²) < 4.78 is 4.90. The zero-order valence-corrected chi connectivity index (χ0v) is 30.3. The minimum absolute atomic E-state index is 0.712. The Kier molecular flexibility index (Phi) is 6.60. The normalized spacial score (nSPS) is 11.9. The molecule has 0 unspecified atom stereocenters. The standard InChI is InChI=1S/C52H32N4/c1-3-13-33(14-4-1)45-32-46(54-52(53-45)34-15-5-2-6-16-34)37-18-11-17-35(29-37)36-25-27-41-39-19-7-9-23-47(39)55(49(41)30-36)38-26-28-42-44-22-12-21-43-40-20-8-10-24-48(40)56(51(43)44)50(42)31-38/h1-32H. The van der Waals surface area contributed by atoms with Crippen LogP contribution in [-0.2, 0) is 0 Å². The van der Waals surface area contributed by atoms with Gasteiger partial charge in [-0.3, -0.25) is 0 Å². The van der Waals surface area contributed by atoms with E-state index >= 15 is 0 Å². The summed E-state index contributed by atoms with van der Waals surface area (Å²) in [6.45, 7) is 0. The van der Waals surface area contributed by atoms with Crippen LogP contribution in [0.4, 0.5) is 0 Å². The van der Waals surface area contributed by atoms with E-state index in [1.807, 2.05) is 24.3 Å². The third-order valence-corrected chi connectivity index (χ3v) is 11.5. The molecule has 0 fully saturated rings. The molecular formula is C52H32N4. The zero-order chi connectivity index (χ0) is 36.7. The van der Waals surface area contributed by atoms with Crippen molar-refractivity contribution in [1.29, 1.82) is 0 Å². The van der Waals surface area contributed by atoms with E-state index in [1.165, 1.54) is 59.9 Å². The molecule has 0 aliphatic rings. The van der Waals surface area contributed by atoms with Gasteiger partial charge in [0, 0.05) is 54.7 Å². The SMILES string of the molecule is c1ccc(-c2cc(-c3cccc(-c4ccc5c6ccccc6n(-c6ccc7c8cccc9c%10ccccc%10n(c7c6)c98)c5c4)c3)nc(-c3ccccc3)n2)cc1. The average molecular weight is 713 g/mol. The number of nitrogens with zero attached hydrogens (tertiary/aromatic N) is 4. The molecular weight excluding hydrogens is 681 g/mol. The Labute approximate surface area is 322 Å². The molecule has 0 N–H and O–H groups in total. The Balaban J connectivity index is 1.04. The Morgan fingerprint density at radius 1 is 0.304 bits per heavy atom. The van der Waals surface area contributed by atoms with Crippen molar-refractivity contribution in [3.63, 3.8) is 0 Å². The van der Waals surface area contributed by atoms with Crippen LogP contribution < -0.4 is 0 Å². The predicted molar refractivity (Wildman–Crippen MR) is 233 cm³/mol. The molecule has 4 nitrogen and oxygen atoms in total. The lowest BCUT2D eigenvalue weighted by molar-refractivity contribution is 1.18. The molecule has 0 saturated heterocycles. The first kappa shape index (κ1) is 30.9. The molecule has 0 saturated carbocycles. The van der Waals surface area contributed by atoms with Crippen LogP contribution >= 0.6 is 0 Å². The number of hydrogen-bond acceptors (Lipinski definition) is 2. The van der Waals surface area contributed by atoms with Crippen molar-refractivity contribution in [1.82, 2.24) is 18.9 Å². The lowest BCUT2D eigenvalue weighted by Crippen LogP contribution is -1.96. The fraction of sp³-hybridized carbons (Fsp3) is 0. The molecule has 56 heavy (non-hydrogen) atoms. The summed E-state index contributed by atoms with van der Waals surface area (Å²) in [5.74, 6) is 0.712. The highest BCUT2D eigenvalue weighted by atomic mass is 15.0. The van der Waals surface area contributed by atoms with Crippen LogP contribution in [-0.4, -0.2) is 18.9 Å². The third-order valence-electron chi connectivity index (χ3n) is 11.5. The van der Waals surface area contributed by atoms with Crippen molar-refractivity contribution in [3.8, 4) is 50.7 Å². The molecule has 260 valence electrons. The van der Waals surface area contributed by atoms with Gasteiger partial charge < -0.3 is 8.97 Å². The molecule has 12 aromatic rings. The van der Waals surface area contributed by atoms with Crippen molar-refractivity contribution in [2.45, 2.75) is 0 Å². The summed E-state index contributed by atoms with van der Waals surface area (Å²) in [6, 6.07) is 69.5. The number of fused-ring (bicyclic) bond motifs is 9. The molecule has 4 heteroatoms. The monoisotopic (exact) mass is 712 g/mol. The quantitative estimate of drug-likeness (QED) is 0.178. The molecule has 4 aromatic heterocycles. The predicted octanol–water partition coefficient (Wildman–Crippen LogP) is 13.4. The van der Waals surface area contributed by atoms with Gasteiger partial charge in [-0.2, -0.15) is 0 Å². The van der Waals surface area contributed by atoms with E-state index in [0.717, 1.165) is 44.9 Å². The molecule has 0 radical (unpaired) electrons. The van der Waals surface area contributed by atoms with E-state index in [1.54, 1.807) is 0 Å². The maximum Gasteiger partial charge on any atom is 0.160 e. The number of rotatable bonds is 5. The van der Waals surface area contributed by atoms with Gasteiger partial charge in [-0.15, -0.1) is 0 Å². The Bertz CT molecular complexity index is 3410. The summed E-state index contributed by atoms with van der Waals surface area (Å²) in [5, 5.41) is 7.62. The number of benzene rings is 8. The van der Waals surface area contributed by atoms with Crippen molar-refractivity contribution in [2.24, 2.45) is 0 Å². The van der Waals surface area contributed by atoms with Crippen LogP contribution in [0.1, 0.15) is 0 Å². The van der Waals surface area contributed by atoms with Crippen molar-refractivity contribution in [3.05, 3.63) is 194 Å². The van der Waals surface area contributed by atoms with Crippen LogP contribution in [0.25, 0.3) is 111 Å². The molecule has 0 atom stereocenters. The minimum Gasteiger partial charge on any atom is -0.309 e. The van der Waals surface area contributed by atoms with E-state index in [4.69, 9.17) is 9.97 Å². The van der Waals surface area contributed by atoms with Crippen LogP contribution in [0.3, 0.4) is 0 Å². The van der Waals surface area contributed by atoms with E-state index in [-0.39, 0.29) is 0 Å². The number of para-hydroxylation sites is 3. The Morgan fingerprint density at radius 3 is 1.62 bits per heavy atom. The topological polar surface area (TPSA) is 35.1 Å². The van der Waals surface area contributed by atoms with Crippen LogP contribution in [0, 0.1) is 0 Å². The lowest BCUT2D eigenvalue weighted by atomic mass is 9.99.